The van der Waals surface area contributed by atoms with E-state index in [1.54, 1.807) is 13.8 Å². The summed E-state index contributed by atoms with van der Waals surface area (Å²) in [5.41, 5.74) is -0.312. The molecule has 1 aromatic rings. The van der Waals surface area contributed by atoms with E-state index in [1.165, 1.54) is 13.1 Å². The van der Waals surface area contributed by atoms with Gasteiger partial charge in [-0.1, -0.05) is 6.42 Å². The van der Waals surface area contributed by atoms with Crippen LogP contribution in [0.15, 0.2) is 11.1 Å². The number of nitrogens with one attached hydrogen (secondary N) is 1. The second-order valence-corrected chi connectivity index (χ2v) is 9.66. The molecule has 0 aromatic carbocycles. The lowest BCUT2D eigenvalue weighted by atomic mass is 9.98. The van der Waals surface area contributed by atoms with Gasteiger partial charge in [-0.2, -0.15) is 18.3 Å². The minimum atomic E-state index is -4.80. The molecule has 11 heteroatoms. The zero-order valence-electron chi connectivity index (χ0n) is 16.0. The standard InChI is InChI=1S/C17H24F3N3O4S/c1-16(2)9-13(22-27-16)28(24,25)10-12-14(17(18,19)20)21-23(3)15(12)26-11-7-5-4-6-8-11/h9,11,22H,4-8,10H2,1-3H3. The van der Waals surface area contributed by atoms with Gasteiger partial charge in [-0.25, -0.2) is 13.1 Å². The number of alkyl halides is 3. The summed E-state index contributed by atoms with van der Waals surface area (Å²) in [6, 6.07) is 0. The van der Waals surface area contributed by atoms with Crippen molar-refractivity contribution in [3.05, 3.63) is 22.4 Å². The number of aryl methyl sites for hydroxylation is 1. The van der Waals surface area contributed by atoms with Crippen LogP contribution >= 0.6 is 0 Å². The molecule has 1 aliphatic heterocycles. The Labute approximate surface area is 161 Å². The Morgan fingerprint density at radius 1 is 1.32 bits per heavy atom. The molecule has 1 fully saturated rings. The molecule has 0 saturated heterocycles. The molecule has 0 atom stereocenters. The Morgan fingerprint density at radius 2 is 1.96 bits per heavy atom. The molecule has 1 N–H and O–H groups in total. The first kappa shape index (κ1) is 21.0. The summed E-state index contributed by atoms with van der Waals surface area (Å²) in [5, 5.41) is 3.25. The van der Waals surface area contributed by atoms with E-state index in [0.717, 1.165) is 23.9 Å². The molecule has 0 spiro atoms. The summed E-state index contributed by atoms with van der Waals surface area (Å²) >= 11 is 0. The van der Waals surface area contributed by atoms with E-state index in [4.69, 9.17) is 9.57 Å². The fourth-order valence-electron chi connectivity index (χ4n) is 3.38. The lowest BCUT2D eigenvalue weighted by Gasteiger charge is -2.23. The molecule has 1 aliphatic carbocycles. The predicted octanol–water partition coefficient (Wildman–Crippen LogP) is 3.22. The maximum atomic E-state index is 13.5. The number of sulfone groups is 1. The number of rotatable bonds is 5. The van der Waals surface area contributed by atoms with Crippen molar-refractivity contribution in [2.45, 2.75) is 69.6 Å². The molecule has 7 nitrogen and oxygen atoms in total. The summed E-state index contributed by atoms with van der Waals surface area (Å²) < 4.78 is 72.8. The Hall–Kier alpha value is -1.75. The highest BCUT2D eigenvalue weighted by atomic mass is 32.2. The first-order chi connectivity index (χ1) is 12.9. The molecule has 1 saturated carbocycles. The van der Waals surface area contributed by atoms with Gasteiger partial charge in [-0.15, -0.1) is 0 Å². The minimum absolute atomic E-state index is 0.151. The molecule has 2 aliphatic rings. The summed E-state index contributed by atoms with van der Waals surface area (Å²) in [5.74, 6) is -1.04. The number of aromatic nitrogens is 2. The van der Waals surface area contributed by atoms with E-state index in [0.29, 0.717) is 12.8 Å². The summed E-state index contributed by atoms with van der Waals surface area (Å²) in [6.45, 7) is 3.26. The summed E-state index contributed by atoms with van der Waals surface area (Å²) in [4.78, 5) is 5.14. The summed E-state index contributed by atoms with van der Waals surface area (Å²) in [6.07, 6.45) is 0.601. The molecule has 0 bridgehead atoms. The van der Waals surface area contributed by atoms with Crippen molar-refractivity contribution in [3.8, 4) is 5.88 Å². The van der Waals surface area contributed by atoms with Gasteiger partial charge in [0.25, 0.3) is 0 Å². The maximum absolute atomic E-state index is 13.5. The van der Waals surface area contributed by atoms with Crippen molar-refractivity contribution < 1.29 is 31.2 Å². The Kier molecular flexibility index (Phi) is 5.43. The average molecular weight is 423 g/mol. The van der Waals surface area contributed by atoms with Crippen molar-refractivity contribution in [1.29, 1.82) is 0 Å². The van der Waals surface area contributed by atoms with Crippen LogP contribution in [0.1, 0.15) is 57.2 Å². The molecule has 2 heterocycles. The van der Waals surface area contributed by atoms with Gasteiger partial charge in [0.1, 0.15) is 11.7 Å². The number of halogens is 3. The third-order valence-electron chi connectivity index (χ3n) is 4.75. The van der Waals surface area contributed by atoms with Gasteiger partial charge in [0.2, 0.25) is 5.88 Å². The van der Waals surface area contributed by atoms with Crippen LogP contribution in [0.3, 0.4) is 0 Å². The van der Waals surface area contributed by atoms with Crippen LogP contribution in [0.2, 0.25) is 0 Å². The molecule has 1 aromatic heterocycles. The molecule has 0 radical (unpaired) electrons. The van der Waals surface area contributed by atoms with Crippen LogP contribution < -0.4 is 10.2 Å². The fraction of sp³-hybridized carbons (Fsp3) is 0.706. The lowest BCUT2D eigenvalue weighted by molar-refractivity contribution is -0.141. The number of ether oxygens (including phenoxy) is 1. The van der Waals surface area contributed by atoms with Crippen molar-refractivity contribution in [1.82, 2.24) is 15.3 Å². The smallest absolute Gasteiger partial charge is 0.435 e. The zero-order chi connectivity index (χ0) is 20.7. The topological polar surface area (TPSA) is 82.5 Å². The van der Waals surface area contributed by atoms with Gasteiger partial charge in [-0.05, 0) is 45.6 Å². The Balaban J connectivity index is 1.98. The molecular formula is C17H24F3N3O4S. The van der Waals surface area contributed by atoms with E-state index in [1.807, 2.05) is 0 Å². The Bertz CT molecular complexity index is 869. The largest absolute Gasteiger partial charge is 0.474 e. The highest BCUT2D eigenvalue weighted by molar-refractivity contribution is 7.94. The average Bonchev–Trinajstić information content (AvgIpc) is 3.10. The maximum Gasteiger partial charge on any atom is 0.435 e. The highest BCUT2D eigenvalue weighted by Gasteiger charge is 2.42. The van der Waals surface area contributed by atoms with Gasteiger partial charge in [0, 0.05) is 7.05 Å². The van der Waals surface area contributed by atoms with Gasteiger partial charge in [0.05, 0.1) is 11.3 Å². The van der Waals surface area contributed by atoms with E-state index in [-0.39, 0.29) is 17.0 Å². The second kappa shape index (κ2) is 7.25. The zero-order valence-corrected chi connectivity index (χ0v) is 16.8. The van der Waals surface area contributed by atoms with Crippen molar-refractivity contribution in [2.24, 2.45) is 7.05 Å². The molecular weight excluding hydrogens is 399 g/mol. The first-order valence-corrected chi connectivity index (χ1v) is 10.7. The Morgan fingerprint density at radius 3 is 2.50 bits per heavy atom. The lowest BCUT2D eigenvalue weighted by Crippen LogP contribution is -2.24. The van der Waals surface area contributed by atoms with Crippen LogP contribution in [-0.2, 0) is 33.7 Å². The van der Waals surface area contributed by atoms with E-state index in [9.17, 15) is 21.6 Å². The number of hydrogen-bond donors (Lipinski definition) is 1. The molecule has 0 unspecified atom stereocenters. The molecule has 0 amide bonds. The fourth-order valence-corrected chi connectivity index (χ4v) is 4.80. The van der Waals surface area contributed by atoms with Gasteiger partial charge >= 0.3 is 6.18 Å². The van der Waals surface area contributed by atoms with Crippen LogP contribution in [-0.4, -0.2) is 29.9 Å². The molecule has 158 valence electrons. The molecule has 28 heavy (non-hydrogen) atoms. The minimum Gasteiger partial charge on any atom is -0.474 e. The van der Waals surface area contributed by atoms with Gasteiger partial charge < -0.3 is 4.74 Å². The van der Waals surface area contributed by atoms with E-state index >= 15 is 0 Å². The van der Waals surface area contributed by atoms with Crippen LogP contribution in [0.5, 0.6) is 5.88 Å². The second-order valence-electron chi connectivity index (χ2n) is 7.71. The van der Waals surface area contributed by atoms with E-state index < -0.39 is 38.6 Å². The van der Waals surface area contributed by atoms with Gasteiger partial charge in [-0.3, -0.25) is 10.3 Å². The third-order valence-corrected chi connectivity index (χ3v) is 6.29. The predicted molar refractivity (Wildman–Crippen MR) is 94.7 cm³/mol. The quantitative estimate of drug-likeness (QED) is 0.783. The third kappa shape index (κ3) is 4.45. The first-order valence-electron chi connectivity index (χ1n) is 9.08. The van der Waals surface area contributed by atoms with Gasteiger partial charge in [0.15, 0.2) is 20.6 Å². The SMILES string of the molecule is Cn1nc(C(F)(F)F)c(CS(=O)(=O)C2=CC(C)(C)ON2)c1OC1CCCCC1. The van der Waals surface area contributed by atoms with Crippen molar-refractivity contribution in [2.75, 3.05) is 0 Å². The summed E-state index contributed by atoms with van der Waals surface area (Å²) in [7, 11) is -2.80. The number of hydroxylamine groups is 1. The van der Waals surface area contributed by atoms with Crippen molar-refractivity contribution in [3.63, 3.8) is 0 Å². The van der Waals surface area contributed by atoms with E-state index in [2.05, 4.69) is 10.6 Å². The van der Waals surface area contributed by atoms with Crippen LogP contribution in [0, 0.1) is 0 Å². The van der Waals surface area contributed by atoms with Crippen molar-refractivity contribution >= 4 is 9.84 Å². The normalized spacial score (nSPS) is 20.7. The number of nitrogens with zero attached hydrogens (tertiary/aromatic N) is 2. The van der Waals surface area contributed by atoms with Crippen LogP contribution in [0.4, 0.5) is 13.2 Å². The highest BCUT2D eigenvalue weighted by Crippen LogP contribution is 2.38. The van der Waals surface area contributed by atoms with Crippen LogP contribution in [0.25, 0.3) is 0 Å². The number of hydrogen-bond acceptors (Lipinski definition) is 6. The molecule has 3 rings (SSSR count). The monoisotopic (exact) mass is 423 g/mol.